The summed E-state index contributed by atoms with van der Waals surface area (Å²) in [6, 6.07) is 4.99. The highest BCUT2D eigenvalue weighted by molar-refractivity contribution is 7.90. The zero-order chi connectivity index (χ0) is 16.0. The fourth-order valence-electron chi connectivity index (χ4n) is 1.28. The lowest BCUT2D eigenvalue weighted by atomic mass is 10.3. The normalized spacial score (nSPS) is 11.9. The fraction of sp³-hybridized carbons (Fsp3) is 0.250. The van der Waals surface area contributed by atoms with E-state index in [1.54, 1.807) is 13.0 Å². The van der Waals surface area contributed by atoms with Crippen LogP contribution in [0.25, 0.3) is 0 Å². The molecule has 1 rings (SSSR count). The summed E-state index contributed by atoms with van der Waals surface area (Å²) in [6.07, 6.45) is 0. The molecule has 0 radical (unpaired) electrons. The third-order valence-electron chi connectivity index (χ3n) is 2.47. The summed E-state index contributed by atoms with van der Waals surface area (Å²) < 4.78 is 31.5. The van der Waals surface area contributed by atoms with Crippen molar-refractivity contribution >= 4 is 39.3 Å². The van der Waals surface area contributed by atoms with Crippen LogP contribution in [0.3, 0.4) is 0 Å². The summed E-state index contributed by atoms with van der Waals surface area (Å²) in [7, 11) is -2.62. The molecule has 116 valence electrons. The van der Waals surface area contributed by atoms with Gasteiger partial charge in [0.15, 0.2) is 0 Å². The van der Waals surface area contributed by atoms with E-state index in [9.17, 15) is 13.2 Å². The molecule has 1 N–H and O–H groups in total. The maximum absolute atomic E-state index is 12.2. The highest BCUT2D eigenvalue weighted by atomic mass is 35.5. The maximum Gasteiger partial charge on any atom is 0.331 e. The van der Waals surface area contributed by atoms with Crippen molar-refractivity contribution in [1.29, 1.82) is 0 Å². The van der Waals surface area contributed by atoms with Crippen molar-refractivity contribution in [1.82, 2.24) is 9.62 Å². The third kappa shape index (κ3) is 4.80. The van der Waals surface area contributed by atoms with Crippen molar-refractivity contribution < 1.29 is 17.9 Å². The highest BCUT2D eigenvalue weighted by Crippen LogP contribution is 2.26. The Balaban J connectivity index is 3.12. The number of amides is 2. The van der Waals surface area contributed by atoms with Crippen LogP contribution in [0.1, 0.15) is 6.92 Å². The average molecular weight is 353 g/mol. The van der Waals surface area contributed by atoms with E-state index in [0.29, 0.717) is 6.54 Å². The molecule has 0 unspecified atom stereocenters. The molecule has 0 aliphatic rings. The zero-order valence-corrected chi connectivity index (χ0v) is 13.7. The second-order valence-corrected chi connectivity index (χ2v) is 6.13. The van der Waals surface area contributed by atoms with Crippen LogP contribution in [0.5, 0.6) is 5.75 Å². The smallest absolute Gasteiger partial charge is 0.331 e. The lowest BCUT2D eigenvalue weighted by molar-refractivity contribution is 0.217. The van der Waals surface area contributed by atoms with Crippen molar-refractivity contribution in [3.63, 3.8) is 0 Å². The number of hydrogen-bond donors (Lipinski definition) is 1. The minimum atomic E-state index is -4.09. The molecule has 0 atom stereocenters. The average Bonchev–Trinajstić information content (AvgIpc) is 2.46. The van der Waals surface area contributed by atoms with E-state index in [2.05, 4.69) is 0 Å². The van der Waals surface area contributed by atoms with Crippen LogP contribution in [0.4, 0.5) is 4.79 Å². The summed E-state index contributed by atoms with van der Waals surface area (Å²) in [6.45, 7) is 2.08. The maximum atomic E-state index is 12.2. The predicted octanol–water partition coefficient (Wildman–Crippen LogP) is 2.69. The van der Waals surface area contributed by atoms with Crippen molar-refractivity contribution in [3.05, 3.63) is 35.0 Å². The van der Waals surface area contributed by atoms with Crippen molar-refractivity contribution in [2.45, 2.75) is 11.8 Å². The Morgan fingerprint density at radius 2 is 2.05 bits per heavy atom. The van der Waals surface area contributed by atoms with Gasteiger partial charge in [0.2, 0.25) is 5.22 Å². The van der Waals surface area contributed by atoms with E-state index in [4.69, 9.17) is 27.9 Å². The molecule has 0 saturated heterocycles. The minimum absolute atomic E-state index is 0.0427. The molecular weight excluding hydrogens is 339 g/mol. The number of carbonyl (C=O) groups is 1. The molecule has 9 heteroatoms. The van der Waals surface area contributed by atoms with Crippen molar-refractivity contribution in [3.8, 4) is 5.75 Å². The molecule has 21 heavy (non-hydrogen) atoms. The second kappa shape index (κ2) is 7.53. The van der Waals surface area contributed by atoms with Crippen LogP contribution >= 0.6 is 23.2 Å². The van der Waals surface area contributed by atoms with Gasteiger partial charge in [-0.1, -0.05) is 23.7 Å². The lowest BCUT2D eigenvalue weighted by Crippen LogP contribution is -2.40. The van der Waals surface area contributed by atoms with Gasteiger partial charge in [-0.15, -0.1) is 0 Å². The van der Waals surface area contributed by atoms with Gasteiger partial charge in [0.05, 0.1) is 5.54 Å². The summed E-state index contributed by atoms with van der Waals surface area (Å²) in [5, 5.41) is -0.198. The number of carbonyl (C=O) groups excluding carboxylic acids is 1. The summed E-state index contributed by atoms with van der Waals surface area (Å²) in [5.41, 5.74) is 0.953. The monoisotopic (exact) mass is 352 g/mol. The number of hydrogen-bond acceptors (Lipinski definition) is 4. The van der Waals surface area contributed by atoms with Crippen LogP contribution in [-0.2, 0) is 10.0 Å². The van der Waals surface area contributed by atoms with Crippen molar-refractivity contribution in [2.75, 3.05) is 13.6 Å². The Kier molecular flexibility index (Phi) is 6.32. The Morgan fingerprint density at radius 3 is 2.62 bits per heavy atom. The van der Waals surface area contributed by atoms with Crippen LogP contribution in [0.2, 0.25) is 0 Å². The minimum Gasteiger partial charge on any atom is -0.443 e. The van der Waals surface area contributed by atoms with Gasteiger partial charge in [-0.2, -0.15) is 0 Å². The molecule has 1 aromatic rings. The highest BCUT2D eigenvalue weighted by Gasteiger charge is 2.23. The topological polar surface area (TPSA) is 75.7 Å². The van der Waals surface area contributed by atoms with E-state index >= 15 is 0 Å². The Morgan fingerprint density at radius 1 is 1.43 bits per heavy atom. The fourth-order valence-corrected chi connectivity index (χ4v) is 2.53. The van der Waals surface area contributed by atoms with Gasteiger partial charge in [0.25, 0.3) is 10.0 Å². The molecule has 0 aromatic heterocycles. The quantitative estimate of drug-likeness (QED) is 0.826. The van der Waals surface area contributed by atoms with Gasteiger partial charge in [0, 0.05) is 13.6 Å². The van der Waals surface area contributed by atoms with E-state index < -0.39 is 16.1 Å². The number of para-hydroxylation sites is 1. The van der Waals surface area contributed by atoms with Gasteiger partial charge < -0.3 is 9.64 Å². The lowest BCUT2D eigenvalue weighted by Gasteiger charge is -2.16. The molecule has 0 heterocycles. The molecular formula is C12H14Cl2N2O4S. The standard InChI is InChI=1S/C12H14Cl2N2O4S/c1-3-16(2)12(17)15-21(18,19)10-7-5-4-6-9(10)20-11(14)8-13/h4-8H,3H2,1-2H3,(H,15,17)/b11-8+. The number of halogens is 2. The van der Waals surface area contributed by atoms with Gasteiger partial charge in [-0.05, 0) is 30.7 Å². The molecule has 6 nitrogen and oxygen atoms in total. The van der Waals surface area contributed by atoms with Crippen molar-refractivity contribution in [2.24, 2.45) is 0 Å². The zero-order valence-electron chi connectivity index (χ0n) is 11.3. The summed E-state index contributed by atoms with van der Waals surface area (Å²) in [4.78, 5) is 12.7. The Hall–Kier alpha value is -1.44. The number of rotatable bonds is 5. The third-order valence-corrected chi connectivity index (χ3v) is 4.33. The number of benzene rings is 1. The summed E-state index contributed by atoms with van der Waals surface area (Å²) in [5.74, 6) is -0.0427. The number of ether oxygens (including phenoxy) is 1. The van der Waals surface area contributed by atoms with E-state index in [1.165, 1.54) is 30.1 Å². The largest absolute Gasteiger partial charge is 0.443 e. The first-order valence-corrected chi connectivity index (χ1v) is 8.12. The van der Waals surface area contributed by atoms with E-state index in [0.717, 1.165) is 5.54 Å². The molecule has 0 saturated carbocycles. The van der Waals surface area contributed by atoms with E-state index in [1.807, 2.05) is 4.72 Å². The predicted molar refractivity (Wildman–Crippen MR) is 80.9 cm³/mol. The number of nitrogens with one attached hydrogen (secondary N) is 1. The van der Waals surface area contributed by atoms with Gasteiger partial charge in [-0.3, -0.25) is 0 Å². The molecule has 0 bridgehead atoms. The van der Waals surface area contributed by atoms with Crippen LogP contribution < -0.4 is 9.46 Å². The number of urea groups is 1. The van der Waals surface area contributed by atoms with Gasteiger partial charge >= 0.3 is 6.03 Å². The second-order valence-electron chi connectivity index (χ2n) is 3.89. The van der Waals surface area contributed by atoms with Crippen LogP contribution in [-0.4, -0.2) is 32.9 Å². The molecule has 2 amide bonds. The van der Waals surface area contributed by atoms with E-state index in [-0.39, 0.29) is 15.9 Å². The Labute approximate surface area is 133 Å². The molecule has 0 aliphatic heterocycles. The van der Waals surface area contributed by atoms with Crippen LogP contribution in [0, 0.1) is 0 Å². The van der Waals surface area contributed by atoms with Gasteiger partial charge in [-0.25, -0.2) is 17.9 Å². The number of sulfonamides is 1. The first kappa shape index (κ1) is 17.6. The molecule has 0 spiro atoms. The SMILES string of the molecule is CCN(C)C(=O)NS(=O)(=O)c1ccccc1O/C(Cl)=C/Cl. The molecule has 0 aliphatic carbocycles. The Bertz CT molecular complexity index is 646. The molecule has 1 aromatic carbocycles. The number of nitrogens with zero attached hydrogens (tertiary/aromatic N) is 1. The molecule has 0 fully saturated rings. The van der Waals surface area contributed by atoms with Gasteiger partial charge in [0.1, 0.15) is 10.6 Å². The first-order valence-electron chi connectivity index (χ1n) is 5.82. The summed E-state index contributed by atoms with van der Waals surface area (Å²) >= 11 is 11.0. The first-order chi connectivity index (χ1) is 9.81. The van der Waals surface area contributed by atoms with Crippen LogP contribution in [0.15, 0.2) is 39.9 Å².